The zero-order valence-corrected chi connectivity index (χ0v) is 6.29. The van der Waals surface area contributed by atoms with Crippen LogP contribution < -0.4 is 11.1 Å². The van der Waals surface area contributed by atoms with Crippen LogP contribution in [-0.2, 0) is 0 Å². The smallest absolute Gasteiger partial charge is 0.351 e. The average Bonchev–Trinajstić information content (AvgIpc) is 1.93. The van der Waals surface area contributed by atoms with Gasteiger partial charge in [-0.15, -0.1) is 0 Å². The number of amides is 2. The molecule has 3 N–H and O–H groups in total. The Labute approximate surface area is 66.7 Å². The van der Waals surface area contributed by atoms with Crippen LogP contribution in [0, 0.1) is 6.92 Å². The third-order valence-electron chi connectivity index (χ3n) is 1.32. The number of nitrogens with two attached hydrogens (primary N) is 1. The normalized spacial score (nSPS) is 9.18. The Bertz CT molecular complexity index is 258. The number of benzene rings is 1. The van der Waals surface area contributed by atoms with Crippen LogP contribution in [0.3, 0.4) is 0 Å². The molecule has 0 radical (unpaired) electrons. The Hall–Kier alpha value is -1.51. The van der Waals surface area contributed by atoms with E-state index in [-0.39, 0.29) is 1.43 Å². The second-order valence-corrected chi connectivity index (χ2v) is 2.36. The first-order valence-electron chi connectivity index (χ1n) is 3.31. The highest BCUT2D eigenvalue weighted by Crippen LogP contribution is 2.07. The Balaban J connectivity index is 0.00000121. The van der Waals surface area contributed by atoms with Crippen molar-refractivity contribution in [2.45, 2.75) is 6.92 Å². The van der Waals surface area contributed by atoms with Crippen molar-refractivity contribution in [1.29, 1.82) is 0 Å². The SMILES string of the molecule is Cc1ccc(NC(N)=O)cc1.[H+]. The lowest BCUT2D eigenvalue weighted by atomic mass is 10.2. The second kappa shape index (κ2) is 3.05. The molecule has 3 heteroatoms. The highest BCUT2D eigenvalue weighted by atomic mass is 16.2. The molecule has 0 aliphatic carbocycles. The van der Waals surface area contributed by atoms with Crippen molar-refractivity contribution in [2.75, 3.05) is 5.32 Å². The molecule has 0 spiro atoms. The van der Waals surface area contributed by atoms with Gasteiger partial charge in [-0.05, 0) is 19.1 Å². The van der Waals surface area contributed by atoms with Gasteiger partial charge in [0.25, 0.3) is 0 Å². The minimum atomic E-state index is -0.533. The largest absolute Gasteiger partial charge is 1.00 e. The fourth-order valence-corrected chi connectivity index (χ4v) is 0.779. The van der Waals surface area contributed by atoms with E-state index in [0.717, 1.165) is 11.3 Å². The van der Waals surface area contributed by atoms with Gasteiger partial charge in [-0.25, -0.2) is 4.79 Å². The molecule has 1 rings (SSSR count). The van der Waals surface area contributed by atoms with Gasteiger partial charge in [-0.3, -0.25) is 0 Å². The van der Waals surface area contributed by atoms with E-state index in [1.165, 1.54) is 0 Å². The molecular weight excluding hydrogens is 140 g/mol. The molecule has 58 valence electrons. The van der Waals surface area contributed by atoms with E-state index in [2.05, 4.69) is 5.32 Å². The van der Waals surface area contributed by atoms with Crippen LogP contribution in [0.2, 0.25) is 0 Å². The molecular formula is C8H11N2O+. The Kier molecular flexibility index (Phi) is 2.11. The van der Waals surface area contributed by atoms with Crippen molar-refractivity contribution in [3.05, 3.63) is 29.8 Å². The molecule has 0 aliphatic rings. The summed E-state index contributed by atoms with van der Waals surface area (Å²) in [4.78, 5) is 10.4. The second-order valence-electron chi connectivity index (χ2n) is 2.36. The number of hydrogen-bond donors (Lipinski definition) is 2. The predicted molar refractivity (Wildman–Crippen MR) is 45.5 cm³/mol. The lowest BCUT2D eigenvalue weighted by molar-refractivity contribution is 0.259. The number of hydrogen-bond acceptors (Lipinski definition) is 1. The lowest BCUT2D eigenvalue weighted by Gasteiger charge is -2.00. The molecule has 0 aromatic heterocycles. The van der Waals surface area contributed by atoms with E-state index in [1.54, 1.807) is 12.1 Å². The molecule has 0 atom stereocenters. The third kappa shape index (κ3) is 2.29. The zero-order chi connectivity index (χ0) is 8.27. The maximum absolute atomic E-state index is 10.4. The minimum absolute atomic E-state index is 0. The van der Waals surface area contributed by atoms with Crippen molar-refractivity contribution in [2.24, 2.45) is 5.73 Å². The van der Waals surface area contributed by atoms with Crippen LogP contribution in [0.25, 0.3) is 0 Å². The third-order valence-corrected chi connectivity index (χ3v) is 1.32. The summed E-state index contributed by atoms with van der Waals surface area (Å²) in [5, 5.41) is 2.47. The first-order valence-corrected chi connectivity index (χ1v) is 3.31. The molecule has 0 saturated carbocycles. The van der Waals surface area contributed by atoms with Gasteiger partial charge in [0.2, 0.25) is 0 Å². The topological polar surface area (TPSA) is 55.1 Å². The molecule has 2 amide bonds. The van der Waals surface area contributed by atoms with Gasteiger partial charge in [0.15, 0.2) is 0 Å². The van der Waals surface area contributed by atoms with Crippen molar-refractivity contribution in [3.8, 4) is 0 Å². The monoisotopic (exact) mass is 151 g/mol. The minimum Gasteiger partial charge on any atom is -0.351 e. The van der Waals surface area contributed by atoms with E-state index in [0.29, 0.717) is 0 Å². The number of rotatable bonds is 1. The first kappa shape index (κ1) is 7.60. The number of aryl methyl sites for hydroxylation is 1. The number of urea groups is 1. The van der Waals surface area contributed by atoms with Crippen LogP contribution >= 0.6 is 0 Å². The van der Waals surface area contributed by atoms with Crippen LogP contribution in [0.1, 0.15) is 6.99 Å². The van der Waals surface area contributed by atoms with Gasteiger partial charge in [0.05, 0.1) is 0 Å². The standard InChI is InChI=1S/C8H10N2O/c1-6-2-4-7(5-3-6)10-8(9)11/h2-5H,1H3,(H3,9,10,11)/p+1. The van der Waals surface area contributed by atoms with Crippen molar-refractivity contribution in [1.82, 2.24) is 0 Å². The van der Waals surface area contributed by atoms with Crippen LogP contribution in [0.5, 0.6) is 0 Å². The Morgan fingerprint density at radius 1 is 1.45 bits per heavy atom. The predicted octanol–water partition coefficient (Wildman–Crippen LogP) is 1.60. The summed E-state index contributed by atoms with van der Waals surface area (Å²) in [6.45, 7) is 1.98. The van der Waals surface area contributed by atoms with Gasteiger partial charge in [-0.1, -0.05) is 17.7 Å². The molecule has 11 heavy (non-hydrogen) atoms. The van der Waals surface area contributed by atoms with Crippen molar-refractivity contribution in [3.63, 3.8) is 0 Å². The molecule has 3 nitrogen and oxygen atoms in total. The van der Waals surface area contributed by atoms with Crippen LogP contribution in [0.4, 0.5) is 10.5 Å². The quantitative estimate of drug-likeness (QED) is 0.629. The van der Waals surface area contributed by atoms with E-state index in [4.69, 9.17) is 5.73 Å². The fraction of sp³-hybridized carbons (Fsp3) is 0.125. The summed E-state index contributed by atoms with van der Waals surface area (Å²) in [6.07, 6.45) is 0. The Morgan fingerprint density at radius 3 is 2.45 bits per heavy atom. The number of primary amides is 1. The van der Waals surface area contributed by atoms with Crippen LogP contribution in [0.15, 0.2) is 24.3 Å². The molecule has 0 heterocycles. The molecule has 0 saturated heterocycles. The molecule has 1 aromatic rings. The van der Waals surface area contributed by atoms with E-state index < -0.39 is 6.03 Å². The van der Waals surface area contributed by atoms with Gasteiger partial charge in [-0.2, -0.15) is 0 Å². The molecule has 0 bridgehead atoms. The summed E-state index contributed by atoms with van der Waals surface area (Å²) >= 11 is 0. The summed E-state index contributed by atoms with van der Waals surface area (Å²) in [7, 11) is 0. The lowest BCUT2D eigenvalue weighted by Crippen LogP contribution is -2.19. The van der Waals surface area contributed by atoms with Crippen molar-refractivity contribution >= 4 is 11.7 Å². The Morgan fingerprint density at radius 2 is 2.00 bits per heavy atom. The maximum Gasteiger partial charge on any atom is 1.00 e. The van der Waals surface area contributed by atoms with Crippen molar-refractivity contribution < 1.29 is 6.22 Å². The summed E-state index contributed by atoms with van der Waals surface area (Å²) in [6, 6.07) is 6.89. The number of nitrogens with one attached hydrogen (secondary N) is 1. The average molecular weight is 151 g/mol. The number of carbonyl (C=O) groups is 1. The first-order chi connectivity index (χ1) is 5.18. The van der Waals surface area contributed by atoms with E-state index >= 15 is 0 Å². The zero-order valence-electron chi connectivity index (χ0n) is 7.29. The fourth-order valence-electron chi connectivity index (χ4n) is 0.779. The maximum atomic E-state index is 10.4. The molecule has 0 aliphatic heterocycles. The van der Waals surface area contributed by atoms with E-state index in [9.17, 15) is 4.79 Å². The van der Waals surface area contributed by atoms with Gasteiger partial charge in [0.1, 0.15) is 0 Å². The number of anilines is 1. The summed E-state index contributed by atoms with van der Waals surface area (Å²) in [5.41, 5.74) is 6.79. The summed E-state index contributed by atoms with van der Waals surface area (Å²) in [5.74, 6) is 0. The highest BCUT2D eigenvalue weighted by Gasteiger charge is 1.92. The van der Waals surface area contributed by atoms with Gasteiger partial charge in [0, 0.05) is 5.69 Å². The number of carbonyl (C=O) groups excluding carboxylic acids is 1. The van der Waals surface area contributed by atoms with Crippen LogP contribution in [-0.4, -0.2) is 6.03 Å². The van der Waals surface area contributed by atoms with Gasteiger partial charge >= 0.3 is 7.46 Å². The summed E-state index contributed by atoms with van der Waals surface area (Å²) < 4.78 is 0. The molecule has 0 fully saturated rings. The molecule has 0 unspecified atom stereocenters. The molecule has 1 aromatic carbocycles. The van der Waals surface area contributed by atoms with E-state index in [1.807, 2.05) is 19.1 Å². The highest BCUT2D eigenvalue weighted by molar-refractivity contribution is 5.87. The van der Waals surface area contributed by atoms with Gasteiger partial charge < -0.3 is 11.1 Å².